The zero-order chi connectivity index (χ0) is 17.3. The third-order valence-electron chi connectivity index (χ3n) is 3.07. The van der Waals surface area contributed by atoms with Gasteiger partial charge in [-0.15, -0.1) is 0 Å². The zero-order valence-corrected chi connectivity index (χ0v) is 13.4. The van der Waals surface area contributed by atoms with E-state index in [4.69, 9.17) is 11.6 Å². The van der Waals surface area contributed by atoms with E-state index in [9.17, 15) is 17.2 Å². The van der Waals surface area contributed by atoms with Gasteiger partial charge in [-0.3, -0.25) is 4.72 Å². The van der Waals surface area contributed by atoms with Crippen LogP contribution in [0, 0.1) is 11.6 Å². The Morgan fingerprint density at radius 3 is 2.50 bits per heavy atom. The molecule has 0 unspecified atom stereocenters. The van der Waals surface area contributed by atoms with Crippen LogP contribution in [0.1, 0.15) is 0 Å². The fourth-order valence-corrected chi connectivity index (χ4v) is 3.27. The Hall–Kier alpha value is -2.52. The van der Waals surface area contributed by atoms with Crippen LogP contribution in [0.3, 0.4) is 0 Å². The van der Waals surface area contributed by atoms with E-state index in [1.807, 2.05) is 0 Å². The van der Waals surface area contributed by atoms with E-state index in [0.717, 1.165) is 24.3 Å². The number of benzene rings is 2. The van der Waals surface area contributed by atoms with E-state index in [1.165, 1.54) is 29.5 Å². The molecule has 1 N–H and O–H groups in total. The Kier molecular flexibility index (Phi) is 4.20. The summed E-state index contributed by atoms with van der Waals surface area (Å²) in [5.74, 6) is -1.43. The van der Waals surface area contributed by atoms with Gasteiger partial charge in [-0.1, -0.05) is 11.6 Å². The first-order valence-corrected chi connectivity index (χ1v) is 8.35. The summed E-state index contributed by atoms with van der Waals surface area (Å²) in [5, 5.41) is 3.47. The van der Waals surface area contributed by atoms with Gasteiger partial charge >= 0.3 is 0 Å². The number of anilines is 1. The van der Waals surface area contributed by atoms with E-state index in [-0.39, 0.29) is 21.3 Å². The largest absolute Gasteiger partial charge is 0.280 e. The summed E-state index contributed by atoms with van der Waals surface area (Å²) in [7, 11) is -4.04. The third kappa shape index (κ3) is 3.22. The van der Waals surface area contributed by atoms with Crippen molar-refractivity contribution in [1.82, 2.24) is 14.8 Å². The summed E-state index contributed by atoms with van der Waals surface area (Å²) in [4.78, 5) is 3.47. The maximum atomic E-state index is 14.1. The first kappa shape index (κ1) is 16.3. The van der Waals surface area contributed by atoms with Gasteiger partial charge in [-0.05, 0) is 30.3 Å². The fraction of sp³-hybridized carbons (Fsp3) is 0. The van der Waals surface area contributed by atoms with E-state index in [2.05, 4.69) is 14.8 Å². The fourth-order valence-electron chi connectivity index (χ4n) is 1.95. The van der Waals surface area contributed by atoms with Crippen LogP contribution < -0.4 is 4.72 Å². The molecule has 0 atom stereocenters. The summed E-state index contributed by atoms with van der Waals surface area (Å²) < 4.78 is 55.1. The molecular formula is C14H9ClF2N4O2S. The van der Waals surface area contributed by atoms with Crippen LogP contribution in [0.4, 0.5) is 14.5 Å². The summed E-state index contributed by atoms with van der Waals surface area (Å²) in [6.45, 7) is 0. The van der Waals surface area contributed by atoms with Crippen LogP contribution in [0.25, 0.3) is 5.69 Å². The maximum absolute atomic E-state index is 14.1. The Morgan fingerprint density at radius 1 is 1.08 bits per heavy atom. The average molecular weight is 371 g/mol. The molecule has 0 bridgehead atoms. The molecule has 1 aromatic heterocycles. The minimum Gasteiger partial charge on any atom is -0.280 e. The molecule has 0 fully saturated rings. The third-order valence-corrected chi connectivity index (χ3v) is 4.74. The van der Waals surface area contributed by atoms with E-state index < -0.39 is 21.7 Å². The Balaban J connectivity index is 1.90. The lowest BCUT2D eigenvalue weighted by atomic mass is 10.3. The molecule has 0 saturated heterocycles. The number of hydrogen-bond acceptors (Lipinski definition) is 4. The Morgan fingerprint density at radius 2 is 1.88 bits per heavy atom. The highest BCUT2D eigenvalue weighted by Gasteiger charge is 2.17. The number of sulfonamides is 1. The second kappa shape index (κ2) is 6.17. The predicted molar refractivity (Wildman–Crippen MR) is 83.5 cm³/mol. The van der Waals surface area contributed by atoms with Crippen LogP contribution >= 0.6 is 11.6 Å². The highest BCUT2D eigenvalue weighted by Crippen LogP contribution is 2.23. The van der Waals surface area contributed by atoms with Crippen LogP contribution in [0.5, 0.6) is 0 Å². The van der Waals surface area contributed by atoms with E-state index in [1.54, 1.807) is 0 Å². The lowest BCUT2D eigenvalue weighted by molar-refractivity contribution is 0.599. The number of aromatic nitrogens is 3. The maximum Gasteiger partial charge on any atom is 0.261 e. The molecule has 0 amide bonds. The Bertz CT molecular complexity index is 994. The van der Waals surface area contributed by atoms with Crippen molar-refractivity contribution < 1.29 is 17.2 Å². The van der Waals surface area contributed by atoms with Crippen LogP contribution in [0.2, 0.25) is 5.02 Å². The normalized spacial score (nSPS) is 11.5. The number of halogens is 3. The van der Waals surface area contributed by atoms with Crippen molar-refractivity contribution in [2.24, 2.45) is 0 Å². The van der Waals surface area contributed by atoms with Gasteiger partial charge in [0.1, 0.15) is 24.2 Å². The van der Waals surface area contributed by atoms with Gasteiger partial charge in [-0.25, -0.2) is 26.9 Å². The summed E-state index contributed by atoms with van der Waals surface area (Å²) in [5.41, 5.74) is 0.108. The predicted octanol–water partition coefficient (Wildman–Crippen LogP) is 3.00. The minimum atomic E-state index is -4.04. The first-order chi connectivity index (χ1) is 11.4. The van der Waals surface area contributed by atoms with Gasteiger partial charge in [0.2, 0.25) is 0 Å². The minimum absolute atomic E-state index is 0.00295. The second-order valence-corrected chi connectivity index (χ2v) is 6.78. The molecule has 6 nitrogen and oxygen atoms in total. The van der Waals surface area contributed by atoms with Crippen molar-refractivity contribution in [2.75, 3.05) is 4.72 Å². The quantitative estimate of drug-likeness (QED) is 0.766. The van der Waals surface area contributed by atoms with Gasteiger partial charge in [0.15, 0.2) is 5.82 Å². The topological polar surface area (TPSA) is 76.9 Å². The molecule has 2 aromatic carbocycles. The highest BCUT2D eigenvalue weighted by molar-refractivity contribution is 7.92. The molecule has 0 radical (unpaired) electrons. The van der Waals surface area contributed by atoms with Gasteiger partial charge in [0, 0.05) is 6.07 Å². The second-order valence-electron chi connectivity index (χ2n) is 4.69. The molecule has 3 rings (SSSR count). The molecule has 1 heterocycles. The molecular weight excluding hydrogens is 362 g/mol. The number of nitrogens with zero attached hydrogens (tertiary/aromatic N) is 3. The summed E-state index contributed by atoms with van der Waals surface area (Å²) in [6.07, 6.45) is 2.55. The lowest BCUT2D eigenvalue weighted by Crippen LogP contribution is -2.13. The van der Waals surface area contributed by atoms with E-state index in [0.29, 0.717) is 0 Å². The number of nitrogens with one attached hydrogen (secondary N) is 1. The van der Waals surface area contributed by atoms with Crippen LogP contribution in [-0.4, -0.2) is 23.2 Å². The summed E-state index contributed by atoms with van der Waals surface area (Å²) >= 11 is 5.58. The average Bonchev–Trinajstić information content (AvgIpc) is 3.03. The zero-order valence-electron chi connectivity index (χ0n) is 11.8. The van der Waals surface area contributed by atoms with Gasteiger partial charge in [-0.2, -0.15) is 5.10 Å². The Labute approximate surface area is 140 Å². The standard InChI is InChI=1S/C14H9ClF2N4O2S/c15-11-6-10(2-3-12(11)16)24(22,23)20-9-1-4-14(13(17)5-9)21-8-18-7-19-21/h1-8,20H. The molecule has 0 spiro atoms. The smallest absolute Gasteiger partial charge is 0.261 e. The first-order valence-electron chi connectivity index (χ1n) is 6.49. The molecule has 0 aliphatic rings. The molecule has 124 valence electrons. The van der Waals surface area contributed by atoms with Crippen molar-refractivity contribution in [1.29, 1.82) is 0 Å². The highest BCUT2D eigenvalue weighted by atomic mass is 35.5. The molecule has 0 aliphatic heterocycles. The van der Waals surface area contributed by atoms with Crippen molar-refractivity contribution in [3.63, 3.8) is 0 Å². The number of rotatable bonds is 4. The molecule has 10 heteroatoms. The summed E-state index contributed by atoms with van der Waals surface area (Å²) in [6, 6.07) is 6.68. The lowest BCUT2D eigenvalue weighted by Gasteiger charge is -2.10. The van der Waals surface area contributed by atoms with Crippen molar-refractivity contribution >= 4 is 27.3 Å². The molecule has 0 aliphatic carbocycles. The SMILES string of the molecule is O=S(=O)(Nc1ccc(-n2cncn2)c(F)c1)c1ccc(F)c(Cl)c1. The van der Waals surface area contributed by atoms with Crippen LogP contribution in [-0.2, 0) is 10.0 Å². The van der Waals surface area contributed by atoms with Crippen molar-refractivity contribution in [3.05, 3.63) is 65.7 Å². The molecule has 0 saturated carbocycles. The molecule has 24 heavy (non-hydrogen) atoms. The van der Waals surface area contributed by atoms with Crippen molar-refractivity contribution in [3.8, 4) is 5.69 Å². The molecule has 3 aromatic rings. The monoisotopic (exact) mass is 370 g/mol. The van der Waals surface area contributed by atoms with E-state index >= 15 is 0 Å². The van der Waals surface area contributed by atoms with Gasteiger partial charge in [0.25, 0.3) is 10.0 Å². The van der Waals surface area contributed by atoms with Crippen LogP contribution in [0.15, 0.2) is 53.9 Å². The van der Waals surface area contributed by atoms with Gasteiger partial charge < -0.3 is 0 Å². The number of hydrogen-bond donors (Lipinski definition) is 1. The van der Waals surface area contributed by atoms with Crippen molar-refractivity contribution in [2.45, 2.75) is 4.90 Å². The van der Waals surface area contributed by atoms with Gasteiger partial charge in [0.05, 0.1) is 15.6 Å².